The normalized spacial score (nSPS) is 13.4. The summed E-state index contributed by atoms with van der Waals surface area (Å²) in [6, 6.07) is 12.3. The van der Waals surface area contributed by atoms with Crippen LogP contribution in [-0.2, 0) is 26.2 Å². The molecule has 10 heteroatoms. The lowest BCUT2D eigenvalue weighted by Crippen LogP contribution is -2.51. The molecule has 0 heterocycles. The maximum atomic E-state index is 13.3. The molecule has 0 aliphatic carbocycles. The standard InChI is InChI=1S/C23H29BrClN3O4S/c1-5-16(2)26-23(30)17(3)28(14-18-6-8-19(24)9-7-18)22(29)15-27(4)33(31,32)21-12-10-20(25)11-13-21/h6-13,16-17H,5,14-15H2,1-4H3,(H,26,30)/t16-,17-/m1/s1. The van der Waals surface area contributed by atoms with E-state index in [0.29, 0.717) is 5.02 Å². The number of hydrogen-bond donors (Lipinski definition) is 1. The lowest BCUT2D eigenvalue weighted by molar-refractivity contribution is -0.140. The number of benzene rings is 2. The zero-order valence-corrected chi connectivity index (χ0v) is 22.2. The van der Waals surface area contributed by atoms with Gasteiger partial charge in [-0.3, -0.25) is 9.59 Å². The lowest BCUT2D eigenvalue weighted by atomic mass is 10.1. The van der Waals surface area contributed by atoms with Crippen LogP contribution in [0.4, 0.5) is 0 Å². The summed E-state index contributed by atoms with van der Waals surface area (Å²) >= 11 is 9.24. The van der Waals surface area contributed by atoms with E-state index in [4.69, 9.17) is 11.6 Å². The highest BCUT2D eigenvalue weighted by Gasteiger charge is 2.30. The first-order chi connectivity index (χ1) is 15.4. The highest BCUT2D eigenvalue weighted by molar-refractivity contribution is 9.10. The van der Waals surface area contributed by atoms with Gasteiger partial charge in [0, 0.05) is 29.1 Å². The predicted octanol–water partition coefficient (Wildman–Crippen LogP) is 4.06. The zero-order valence-electron chi connectivity index (χ0n) is 19.1. The first kappa shape index (κ1) is 27.3. The van der Waals surface area contributed by atoms with Crippen molar-refractivity contribution >= 4 is 49.4 Å². The third-order valence-electron chi connectivity index (χ3n) is 5.31. The van der Waals surface area contributed by atoms with Crippen molar-refractivity contribution in [1.29, 1.82) is 0 Å². The molecule has 0 saturated heterocycles. The second-order valence-electron chi connectivity index (χ2n) is 7.86. The van der Waals surface area contributed by atoms with Gasteiger partial charge in [-0.1, -0.05) is 46.6 Å². The Labute approximate surface area is 209 Å². The van der Waals surface area contributed by atoms with E-state index < -0.39 is 28.5 Å². The van der Waals surface area contributed by atoms with Crippen LogP contribution >= 0.6 is 27.5 Å². The number of carbonyl (C=O) groups is 2. The number of nitrogens with one attached hydrogen (secondary N) is 1. The Kier molecular flexibility index (Phi) is 9.90. The Balaban J connectivity index is 2.26. The molecule has 7 nitrogen and oxygen atoms in total. The predicted molar refractivity (Wildman–Crippen MR) is 133 cm³/mol. The quantitative estimate of drug-likeness (QED) is 0.477. The van der Waals surface area contributed by atoms with Crippen molar-refractivity contribution in [3.63, 3.8) is 0 Å². The van der Waals surface area contributed by atoms with Crippen LogP contribution in [0, 0.1) is 0 Å². The Hall–Kier alpha value is -1.94. The Bertz CT molecular complexity index is 1060. The topological polar surface area (TPSA) is 86.8 Å². The van der Waals surface area contributed by atoms with Gasteiger partial charge >= 0.3 is 0 Å². The van der Waals surface area contributed by atoms with Crippen molar-refractivity contribution < 1.29 is 18.0 Å². The van der Waals surface area contributed by atoms with Crippen molar-refractivity contribution in [3.8, 4) is 0 Å². The van der Waals surface area contributed by atoms with Crippen LogP contribution in [0.3, 0.4) is 0 Å². The van der Waals surface area contributed by atoms with Gasteiger partial charge in [0.05, 0.1) is 11.4 Å². The van der Waals surface area contributed by atoms with Crippen molar-refractivity contribution in [2.45, 2.75) is 50.7 Å². The molecule has 0 aliphatic heterocycles. The molecule has 2 rings (SSSR count). The van der Waals surface area contributed by atoms with Gasteiger partial charge in [-0.2, -0.15) is 4.31 Å². The molecular formula is C23H29BrClN3O4S. The van der Waals surface area contributed by atoms with Crippen LogP contribution in [0.5, 0.6) is 0 Å². The monoisotopic (exact) mass is 557 g/mol. The number of hydrogen-bond acceptors (Lipinski definition) is 4. The molecule has 0 radical (unpaired) electrons. The molecular weight excluding hydrogens is 530 g/mol. The van der Waals surface area contributed by atoms with E-state index in [2.05, 4.69) is 21.2 Å². The highest BCUT2D eigenvalue weighted by atomic mass is 79.9. The van der Waals surface area contributed by atoms with Crippen molar-refractivity contribution in [3.05, 3.63) is 63.6 Å². The first-order valence-electron chi connectivity index (χ1n) is 10.5. The van der Waals surface area contributed by atoms with E-state index >= 15 is 0 Å². The third kappa shape index (κ3) is 7.53. The van der Waals surface area contributed by atoms with Crippen LogP contribution in [0.2, 0.25) is 5.02 Å². The van der Waals surface area contributed by atoms with Gasteiger partial charge in [0.25, 0.3) is 0 Å². The number of amides is 2. The van der Waals surface area contributed by atoms with Gasteiger partial charge in [-0.25, -0.2) is 8.42 Å². The molecule has 33 heavy (non-hydrogen) atoms. The first-order valence-corrected chi connectivity index (χ1v) is 13.1. The highest BCUT2D eigenvalue weighted by Crippen LogP contribution is 2.19. The second kappa shape index (κ2) is 12.0. The van der Waals surface area contributed by atoms with Crippen LogP contribution in [0.1, 0.15) is 32.8 Å². The number of nitrogens with zero attached hydrogens (tertiary/aromatic N) is 2. The largest absolute Gasteiger partial charge is 0.352 e. The minimum absolute atomic E-state index is 0.0317. The summed E-state index contributed by atoms with van der Waals surface area (Å²) in [4.78, 5) is 27.5. The van der Waals surface area contributed by atoms with E-state index in [0.717, 1.165) is 20.8 Å². The van der Waals surface area contributed by atoms with E-state index in [1.165, 1.54) is 36.2 Å². The molecule has 0 aromatic heterocycles. The van der Waals surface area contributed by atoms with Gasteiger partial charge in [-0.05, 0) is 62.2 Å². The van der Waals surface area contributed by atoms with Gasteiger partial charge in [0.15, 0.2) is 0 Å². The maximum absolute atomic E-state index is 13.3. The number of rotatable bonds is 10. The van der Waals surface area contributed by atoms with Gasteiger partial charge < -0.3 is 10.2 Å². The summed E-state index contributed by atoms with van der Waals surface area (Å²) in [5.74, 6) is -0.775. The summed E-state index contributed by atoms with van der Waals surface area (Å²) in [6.45, 7) is 5.23. The van der Waals surface area contributed by atoms with E-state index in [9.17, 15) is 18.0 Å². The fourth-order valence-corrected chi connectivity index (χ4v) is 4.50. The molecule has 0 unspecified atom stereocenters. The molecule has 0 spiro atoms. The fraction of sp³-hybridized carbons (Fsp3) is 0.391. The van der Waals surface area contributed by atoms with E-state index in [1.807, 2.05) is 38.1 Å². The minimum atomic E-state index is -3.91. The van der Waals surface area contributed by atoms with E-state index in [1.54, 1.807) is 6.92 Å². The molecule has 0 fully saturated rings. The SMILES string of the molecule is CC[C@@H](C)NC(=O)[C@@H](C)N(Cc1ccc(Br)cc1)C(=O)CN(C)S(=O)(=O)c1ccc(Cl)cc1. The van der Waals surface area contributed by atoms with Gasteiger partial charge in [0.1, 0.15) is 6.04 Å². The van der Waals surface area contributed by atoms with Gasteiger partial charge in [-0.15, -0.1) is 0 Å². The summed E-state index contributed by atoms with van der Waals surface area (Å²) in [7, 11) is -2.57. The van der Waals surface area contributed by atoms with Gasteiger partial charge in [0.2, 0.25) is 21.8 Å². The summed E-state index contributed by atoms with van der Waals surface area (Å²) in [6.07, 6.45) is 0.751. The van der Waals surface area contributed by atoms with Crippen LogP contribution in [0.25, 0.3) is 0 Å². The molecule has 2 amide bonds. The molecule has 0 bridgehead atoms. The maximum Gasteiger partial charge on any atom is 0.243 e. The molecule has 1 N–H and O–H groups in total. The van der Waals surface area contributed by atoms with Crippen molar-refractivity contribution in [2.24, 2.45) is 0 Å². The van der Waals surface area contributed by atoms with Crippen molar-refractivity contribution in [2.75, 3.05) is 13.6 Å². The average molecular weight is 559 g/mol. The smallest absolute Gasteiger partial charge is 0.243 e. The molecule has 2 aromatic carbocycles. The number of carbonyl (C=O) groups excluding carboxylic acids is 2. The molecule has 2 atom stereocenters. The molecule has 180 valence electrons. The molecule has 2 aromatic rings. The van der Waals surface area contributed by atoms with Crippen molar-refractivity contribution in [1.82, 2.24) is 14.5 Å². The van der Waals surface area contributed by atoms with E-state index in [-0.39, 0.29) is 23.4 Å². The summed E-state index contributed by atoms with van der Waals surface area (Å²) in [5, 5.41) is 3.30. The Morgan fingerprint density at radius 2 is 1.64 bits per heavy atom. The zero-order chi connectivity index (χ0) is 24.8. The second-order valence-corrected chi connectivity index (χ2v) is 11.3. The lowest BCUT2D eigenvalue weighted by Gasteiger charge is -2.31. The minimum Gasteiger partial charge on any atom is -0.352 e. The fourth-order valence-electron chi connectivity index (χ4n) is 2.99. The summed E-state index contributed by atoms with van der Waals surface area (Å²) < 4.78 is 27.7. The van der Waals surface area contributed by atoms with Crippen LogP contribution in [-0.4, -0.2) is 55.1 Å². The number of halogens is 2. The molecule has 0 aliphatic rings. The number of sulfonamides is 1. The average Bonchev–Trinajstić information content (AvgIpc) is 2.78. The Morgan fingerprint density at radius 1 is 1.06 bits per heavy atom. The third-order valence-corrected chi connectivity index (χ3v) is 7.91. The Morgan fingerprint density at radius 3 is 2.18 bits per heavy atom. The van der Waals surface area contributed by atoms with Crippen LogP contribution < -0.4 is 5.32 Å². The molecule has 0 saturated carbocycles. The van der Waals surface area contributed by atoms with Crippen LogP contribution in [0.15, 0.2) is 57.9 Å². The number of likely N-dealkylation sites (N-methyl/N-ethyl adjacent to an activating group) is 1. The summed E-state index contributed by atoms with van der Waals surface area (Å²) in [5.41, 5.74) is 0.818.